The Morgan fingerprint density at radius 3 is 2.12 bits per heavy atom. The number of carboxylic acids is 2. The number of aromatic nitrogens is 2. The minimum Gasteiger partial charge on any atom is -0.478 e. The van der Waals surface area contributed by atoms with E-state index < -0.39 is 11.9 Å². The lowest BCUT2D eigenvalue weighted by Gasteiger charge is -2.11. The molecule has 0 aliphatic rings. The second-order valence-electron chi connectivity index (χ2n) is 9.20. The van der Waals surface area contributed by atoms with Crippen LogP contribution in [0.25, 0.3) is 10.8 Å². The van der Waals surface area contributed by atoms with E-state index in [-0.39, 0.29) is 11.1 Å². The van der Waals surface area contributed by atoms with Gasteiger partial charge in [0.25, 0.3) is 0 Å². The van der Waals surface area contributed by atoms with Gasteiger partial charge in [0.2, 0.25) is 11.8 Å². The highest BCUT2D eigenvalue weighted by Crippen LogP contribution is 2.31. The second-order valence-corrected chi connectivity index (χ2v) is 9.20. The number of carboxylic acid groups (broad SMARTS) is 2. The predicted octanol–water partition coefficient (Wildman–Crippen LogP) is 6.76. The Morgan fingerprint density at radius 2 is 1.45 bits per heavy atom. The molecule has 5 N–H and O–H groups in total. The summed E-state index contributed by atoms with van der Waals surface area (Å²) >= 11 is 0. The predicted molar refractivity (Wildman–Crippen MR) is 155 cm³/mol. The van der Waals surface area contributed by atoms with E-state index >= 15 is 0 Å². The lowest BCUT2D eigenvalue weighted by molar-refractivity contribution is 0.0686. The summed E-state index contributed by atoms with van der Waals surface area (Å²) in [5.41, 5.74) is 9.82. The van der Waals surface area contributed by atoms with Gasteiger partial charge < -0.3 is 26.0 Å². The summed E-state index contributed by atoms with van der Waals surface area (Å²) in [7, 11) is 0. The molecule has 202 valence electrons. The van der Waals surface area contributed by atoms with Gasteiger partial charge in [0.05, 0.1) is 11.1 Å². The van der Waals surface area contributed by atoms with Crippen molar-refractivity contribution >= 4 is 40.0 Å². The van der Waals surface area contributed by atoms with Gasteiger partial charge in [-0.2, -0.15) is 4.98 Å². The highest BCUT2D eigenvalue weighted by molar-refractivity contribution is 5.91. The molecule has 5 rings (SSSR count). The van der Waals surface area contributed by atoms with E-state index in [1.54, 1.807) is 36.5 Å². The maximum Gasteiger partial charge on any atom is 0.335 e. The summed E-state index contributed by atoms with van der Waals surface area (Å²) in [4.78, 5) is 30.3. The van der Waals surface area contributed by atoms with Gasteiger partial charge in [-0.15, -0.1) is 0 Å². The zero-order valence-electron chi connectivity index (χ0n) is 22.2. The first-order valence-electron chi connectivity index (χ1n) is 12.3. The number of anilines is 3. The largest absolute Gasteiger partial charge is 0.478 e. The number of fused-ring (bicyclic) bond motifs is 1. The van der Waals surface area contributed by atoms with E-state index in [1.165, 1.54) is 11.6 Å². The number of rotatable bonds is 6. The number of benzene rings is 4. The van der Waals surface area contributed by atoms with Crippen LogP contribution in [0.5, 0.6) is 11.6 Å². The molecule has 0 saturated heterocycles. The van der Waals surface area contributed by atoms with Gasteiger partial charge >= 0.3 is 11.9 Å². The maximum absolute atomic E-state index is 11.3. The topological polar surface area (TPSA) is 148 Å². The van der Waals surface area contributed by atoms with Crippen molar-refractivity contribution in [2.75, 3.05) is 11.1 Å². The Morgan fingerprint density at radius 1 is 0.800 bits per heavy atom. The minimum absolute atomic E-state index is 0.200. The molecule has 0 spiro atoms. The fourth-order valence-electron chi connectivity index (χ4n) is 4.13. The highest BCUT2D eigenvalue weighted by atomic mass is 16.5. The van der Waals surface area contributed by atoms with Gasteiger partial charge in [-0.05, 0) is 85.3 Å². The molecule has 1 aromatic heterocycles. The van der Waals surface area contributed by atoms with Crippen molar-refractivity contribution in [2.24, 2.45) is 0 Å². The van der Waals surface area contributed by atoms with Gasteiger partial charge in [0.15, 0.2) is 0 Å². The van der Waals surface area contributed by atoms with Gasteiger partial charge in [0.1, 0.15) is 5.75 Å². The fraction of sp³-hybridized carbons (Fsp3) is 0.0968. The molecule has 9 nitrogen and oxygen atoms in total. The van der Waals surface area contributed by atoms with Crippen LogP contribution in [0.1, 0.15) is 37.4 Å². The smallest absolute Gasteiger partial charge is 0.335 e. The first-order valence-corrected chi connectivity index (χ1v) is 12.3. The highest BCUT2D eigenvalue weighted by Gasteiger charge is 2.10. The first-order chi connectivity index (χ1) is 19.1. The van der Waals surface area contributed by atoms with E-state index in [9.17, 15) is 14.7 Å². The molecule has 0 aliphatic heterocycles. The number of nitrogen functional groups attached to an aromatic ring is 1. The lowest BCUT2D eigenvalue weighted by atomic mass is 10.1. The van der Waals surface area contributed by atoms with Crippen LogP contribution in [0, 0.1) is 20.8 Å². The summed E-state index contributed by atoms with van der Waals surface area (Å²) < 4.78 is 6.03. The van der Waals surface area contributed by atoms with Gasteiger partial charge in [0, 0.05) is 29.0 Å². The van der Waals surface area contributed by atoms with Crippen molar-refractivity contribution in [1.82, 2.24) is 9.97 Å². The summed E-state index contributed by atoms with van der Waals surface area (Å²) in [6.07, 6.45) is 1.59. The molecule has 4 aromatic carbocycles. The van der Waals surface area contributed by atoms with E-state index in [0.717, 1.165) is 21.9 Å². The molecule has 0 aliphatic carbocycles. The van der Waals surface area contributed by atoms with Crippen LogP contribution < -0.4 is 15.8 Å². The summed E-state index contributed by atoms with van der Waals surface area (Å²) in [6.45, 7) is 5.70. The molecule has 0 fully saturated rings. The number of aromatic carboxylic acids is 2. The van der Waals surface area contributed by atoms with Gasteiger partial charge in [-0.25, -0.2) is 14.6 Å². The van der Waals surface area contributed by atoms with E-state index in [4.69, 9.17) is 15.6 Å². The zero-order valence-corrected chi connectivity index (χ0v) is 22.2. The summed E-state index contributed by atoms with van der Waals surface area (Å²) in [5, 5.41) is 23.0. The second kappa shape index (κ2) is 12.0. The Bertz CT molecular complexity index is 1700. The van der Waals surface area contributed by atoms with Crippen LogP contribution in [-0.4, -0.2) is 32.1 Å². The molecule has 0 atom stereocenters. The van der Waals surface area contributed by atoms with Crippen LogP contribution in [-0.2, 0) is 0 Å². The Kier molecular flexibility index (Phi) is 8.24. The molecule has 0 unspecified atom stereocenters. The SMILES string of the molecule is Cc1cc(N)cc(C(=O)O)c1.Cc1cc(Nc2nccc(Oc3ccc(C)c4ccccc34)n2)cc(C(=O)O)c1. The zero-order chi connectivity index (χ0) is 28.8. The van der Waals surface area contributed by atoms with Crippen molar-refractivity contribution in [2.45, 2.75) is 20.8 Å². The standard InChI is InChI=1S/C23H19N3O3.C8H9NO2/c1-14-11-16(22(27)28)13-17(12-14)25-23-24-10-9-21(26-23)29-20-8-7-15(2)18-5-3-4-6-19(18)20;1-5-2-6(8(10)11)4-7(9)3-5/h3-13H,1-2H3,(H,27,28)(H,24,25,26);2-4H,9H2,1H3,(H,10,11). The first kappa shape index (κ1) is 27.6. The number of nitrogens with one attached hydrogen (secondary N) is 1. The molecule has 40 heavy (non-hydrogen) atoms. The summed E-state index contributed by atoms with van der Waals surface area (Å²) in [5.74, 6) is -0.510. The molecule has 9 heteroatoms. The van der Waals surface area contributed by atoms with Gasteiger partial charge in [-0.3, -0.25) is 0 Å². The van der Waals surface area contributed by atoms with Crippen molar-refractivity contribution in [3.05, 3.63) is 113 Å². The summed E-state index contributed by atoms with van der Waals surface area (Å²) in [6, 6.07) is 23.4. The normalized spacial score (nSPS) is 10.4. The average molecular weight is 537 g/mol. The molecule has 5 aromatic rings. The van der Waals surface area contributed by atoms with Crippen molar-refractivity contribution in [1.29, 1.82) is 0 Å². The number of aryl methyl sites for hydroxylation is 3. The van der Waals surface area contributed by atoms with Crippen LogP contribution in [0.4, 0.5) is 17.3 Å². The third kappa shape index (κ3) is 6.90. The Balaban J connectivity index is 0.000000283. The van der Waals surface area contributed by atoms with Crippen molar-refractivity contribution in [3.8, 4) is 11.6 Å². The molecule has 0 saturated carbocycles. The molecular weight excluding hydrogens is 508 g/mol. The number of carbonyl (C=O) groups is 2. The number of hydrogen-bond acceptors (Lipinski definition) is 7. The average Bonchev–Trinajstić information content (AvgIpc) is 2.90. The van der Waals surface area contributed by atoms with E-state index in [0.29, 0.717) is 29.0 Å². The van der Waals surface area contributed by atoms with Gasteiger partial charge in [-0.1, -0.05) is 30.3 Å². The fourth-order valence-corrected chi connectivity index (χ4v) is 4.13. The Labute approximate surface area is 230 Å². The van der Waals surface area contributed by atoms with Crippen LogP contribution >= 0.6 is 0 Å². The maximum atomic E-state index is 11.3. The minimum atomic E-state index is -0.985. The number of nitrogens with zero attached hydrogens (tertiary/aromatic N) is 2. The number of hydrogen-bond donors (Lipinski definition) is 4. The molecule has 0 radical (unpaired) electrons. The molecule has 1 heterocycles. The molecule has 0 bridgehead atoms. The monoisotopic (exact) mass is 536 g/mol. The molecule has 0 amide bonds. The number of ether oxygens (including phenoxy) is 1. The third-order valence-corrected chi connectivity index (χ3v) is 5.87. The van der Waals surface area contributed by atoms with Crippen molar-refractivity contribution < 1.29 is 24.5 Å². The van der Waals surface area contributed by atoms with Crippen LogP contribution in [0.3, 0.4) is 0 Å². The van der Waals surface area contributed by atoms with Crippen LogP contribution in [0.2, 0.25) is 0 Å². The van der Waals surface area contributed by atoms with E-state index in [2.05, 4.69) is 28.3 Å². The number of nitrogens with two attached hydrogens (primary N) is 1. The third-order valence-electron chi connectivity index (χ3n) is 5.87. The molecular formula is C31H28N4O5. The van der Waals surface area contributed by atoms with Crippen molar-refractivity contribution in [3.63, 3.8) is 0 Å². The Hall–Kier alpha value is -5.44. The van der Waals surface area contributed by atoms with E-state index in [1.807, 2.05) is 50.2 Å². The lowest BCUT2D eigenvalue weighted by Crippen LogP contribution is -2.02. The quantitative estimate of drug-likeness (QED) is 0.173. The van der Waals surface area contributed by atoms with Crippen LogP contribution in [0.15, 0.2) is 85.1 Å².